The Morgan fingerprint density at radius 2 is 1.64 bits per heavy atom. The minimum atomic E-state index is -4.89. The van der Waals surface area contributed by atoms with Crippen LogP contribution in [-0.2, 0) is 22.9 Å². The maximum atomic E-state index is 12.9. The van der Waals surface area contributed by atoms with E-state index < -0.39 is 28.0 Å². The molecule has 12 heteroatoms. The zero-order chi connectivity index (χ0) is 33.2. The molecule has 3 N–H and O–H groups in total. The SMILES string of the molecule is O=C(NO)c1ccc2ncccc2c1.O=S(=O)(NC1CCc2ccc3c(ccc4ccccc43)c2C1)c1cccc(OC(F)(F)F)c1. The lowest BCUT2D eigenvalue weighted by atomic mass is 9.84. The molecule has 0 saturated carbocycles. The molecule has 6 aromatic rings. The molecule has 1 heterocycles. The number of rotatable bonds is 5. The molecule has 240 valence electrons. The number of aromatic nitrogens is 1. The number of aryl methyl sites for hydroxylation is 1. The second kappa shape index (κ2) is 13.0. The first-order valence-electron chi connectivity index (χ1n) is 14.6. The Balaban J connectivity index is 0.000000230. The molecule has 0 bridgehead atoms. The van der Waals surface area contributed by atoms with Gasteiger partial charge in [0, 0.05) is 29.3 Å². The third-order valence-electron chi connectivity index (χ3n) is 7.99. The summed E-state index contributed by atoms with van der Waals surface area (Å²) in [7, 11) is -4.03. The first kappa shape index (κ1) is 31.9. The predicted octanol–water partition coefficient (Wildman–Crippen LogP) is 7.08. The van der Waals surface area contributed by atoms with Crippen molar-refractivity contribution >= 4 is 48.4 Å². The fraction of sp³-hybridized carbons (Fsp3) is 0.143. The summed E-state index contributed by atoms with van der Waals surface area (Å²) in [5, 5.41) is 13.8. The molecule has 7 rings (SSSR count). The van der Waals surface area contributed by atoms with Crippen LogP contribution in [0.25, 0.3) is 32.4 Å². The average Bonchev–Trinajstić information content (AvgIpc) is 3.07. The van der Waals surface area contributed by atoms with E-state index in [1.165, 1.54) is 17.7 Å². The number of pyridine rings is 1. The van der Waals surface area contributed by atoms with Crippen LogP contribution in [0.3, 0.4) is 0 Å². The van der Waals surface area contributed by atoms with Crippen LogP contribution < -0.4 is 14.9 Å². The van der Waals surface area contributed by atoms with Gasteiger partial charge < -0.3 is 4.74 Å². The Morgan fingerprint density at radius 1 is 0.851 bits per heavy atom. The number of alkyl halides is 3. The summed E-state index contributed by atoms with van der Waals surface area (Å²) in [4.78, 5) is 14.9. The number of amides is 1. The van der Waals surface area contributed by atoms with Crippen molar-refractivity contribution in [3.8, 4) is 5.75 Å². The van der Waals surface area contributed by atoms with Gasteiger partial charge in [-0.1, -0.05) is 60.7 Å². The van der Waals surface area contributed by atoms with Crippen molar-refractivity contribution < 1.29 is 36.3 Å². The fourth-order valence-electron chi connectivity index (χ4n) is 5.86. The third kappa shape index (κ3) is 7.19. The monoisotopic (exact) mass is 659 g/mol. The number of carbonyl (C=O) groups is 1. The molecular weight excluding hydrogens is 631 g/mol. The zero-order valence-corrected chi connectivity index (χ0v) is 25.5. The number of hydrogen-bond donors (Lipinski definition) is 3. The first-order valence-corrected chi connectivity index (χ1v) is 16.1. The van der Waals surface area contributed by atoms with Gasteiger partial charge in [-0.05, 0) is 88.3 Å². The highest BCUT2D eigenvalue weighted by Crippen LogP contribution is 2.34. The topological polar surface area (TPSA) is 118 Å². The van der Waals surface area contributed by atoms with E-state index in [2.05, 4.69) is 50.8 Å². The number of carbonyl (C=O) groups excluding carboxylic acids is 1. The van der Waals surface area contributed by atoms with Crippen LogP contribution in [0.1, 0.15) is 27.9 Å². The molecule has 0 radical (unpaired) electrons. The molecule has 0 fully saturated rings. The second-order valence-electron chi connectivity index (χ2n) is 11.0. The van der Waals surface area contributed by atoms with Crippen LogP contribution in [0, 0.1) is 0 Å². The van der Waals surface area contributed by atoms with Crippen molar-refractivity contribution in [2.75, 3.05) is 0 Å². The quantitative estimate of drug-likeness (QED) is 0.103. The van der Waals surface area contributed by atoms with E-state index in [1.54, 1.807) is 35.9 Å². The molecule has 1 atom stereocenters. The summed E-state index contributed by atoms with van der Waals surface area (Å²) in [6.45, 7) is 0. The highest BCUT2D eigenvalue weighted by molar-refractivity contribution is 7.89. The molecule has 0 aliphatic heterocycles. The van der Waals surface area contributed by atoms with Crippen LogP contribution in [-0.4, -0.2) is 36.9 Å². The van der Waals surface area contributed by atoms with Gasteiger partial charge in [0.25, 0.3) is 5.91 Å². The Morgan fingerprint density at radius 3 is 2.45 bits per heavy atom. The largest absolute Gasteiger partial charge is 0.573 e. The first-order chi connectivity index (χ1) is 22.5. The third-order valence-corrected chi connectivity index (χ3v) is 9.50. The summed E-state index contributed by atoms with van der Waals surface area (Å²) < 4.78 is 69.9. The molecular formula is C35H28F3N3O5S. The fourth-order valence-corrected chi connectivity index (χ4v) is 7.16. The molecule has 1 aliphatic carbocycles. The van der Waals surface area contributed by atoms with Crippen LogP contribution in [0.15, 0.2) is 114 Å². The summed E-state index contributed by atoms with van der Waals surface area (Å²) >= 11 is 0. The molecule has 1 aromatic heterocycles. The van der Waals surface area contributed by atoms with Crippen molar-refractivity contribution in [2.24, 2.45) is 0 Å². The number of benzene rings is 5. The number of fused-ring (bicyclic) bond motifs is 6. The number of ether oxygens (including phenoxy) is 1. The molecule has 1 amide bonds. The normalized spacial score (nSPS) is 14.7. The standard InChI is InChI=1S/C25H20F3NO3S.C10H8N2O2/c26-25(27,28)32-19-5-3-6-20(15-19)33(30,31)29-18-11-8-17-10-12-22-21-7-2-1-4-16(21)9-13-23(22)24(17)14-18;13-10(12-14)8-3-4-9-7(6-8)2-1-5-11-9/h1-7,9-10,12-13,15,18,29H,8,11,14H2;1-6,14H,(H,12,13). The number of hydrogen-bond acceptors (Lipinski definition) is 6. The zero-order valence-electron chi connectivity index (χ0n) is 24.7. The van der Waals surface area contributed by atoms with Gasteiger partial charge in [0.1, 0.15) is 5.75 Å². The predicted molar refractivity (Wildman–Crippen MR) is 172 cm³/mol. The molecule has 8 nitrogen and oxygen atoms in total. The lowest BCUT2D eigenvalue weighted by Gasteiger charge is -2.27. The lowest BCUT2D eigenvalue weighted by molar-refractivity contribution is -0.274. The Bertz CT molecular complexity index is 2220. The van der Waals surface area contributed by atoms with Crippen molar-refractivity contribution in [3.05, 3.63) is 126 Å². The van der Waals surface area contributed by atoms with Gasteiger partial charge in [-0.2, -0.15) is 0 Å². The van der Waals surface area contributed by atoms with E-state index >= 15 is 0 Å². The summed E-state index contributed by atoms with van der Waals surface area (Å²) in [5.41, 5.74) is 5.11. The van der Waals surface area contributed by atoms with E-state index in [9.17, 15) is 26.4 Å². The van der Waals surface area contributed by atoms with Gasteiger partial charge in [0.2, 0.25) is 10.0 Å². The highest BCUT2D eigenvalue weighted by atomic mass is 32.2. The molecule has 1 unspecified atom stereocenters. The van der Waals surface area contributed by atoms with Gasteiger partial charge in [0.15, 0.2) is 0 Å². The van der Waals surface area contributed by atoms with Crippen LogP contribution in [0.2, 0.25) is 0 Å². The Hall–Kier alpha value is -5.04. The van der Waals surface area contributed by atoms with E-state index in [0.29, 0.717) is 24.8 Å². The van der Waals surface area contributed by atoms with E-state index in [0.717, 1.165) is 50.1 Å². The van der Waals surface area contributed by atoms with Crippen molar-refractivity contribution in [1.82, 2.24) is 15.2 Å². The average molecular weight is 660 g/mol. The molecule has 1 aliphatic rings. The summed E-state index contributed by atoms with van der Waals surface area (Å²) in [6.07, 6.45) is -1.39. The highest BCUT2D eigenvalue weighted by Gasteiger charge is 2.32. The molecule has 0 spiro atoms. The maximum Gasteiger partial charge on any atom is 0.573 e. The van der Waals surface area contributed by atoms with Gasteiger partial charge >= 0.3 is 6.36 Å². The van der Waals surface area contributed by atoms with Crippen molar-refractivity contribution in [3.63, 3.8) is 0 Å². The van der Waals surface area contributed by atoms with Gasteiger partial charge in [-0.25, -0.2) is 18.6 Å². The van der Waals surface area contributed by atoms with Crippen molar-refractivity contribution in [2.45, 2.75) is 36.6 Å². The Kier molecular flexibility index (Phi) is 8.82. The molecule has 5 aromatic carbocycles. The maximum absolute atomic E-state index is 12.9. The number of sulfonamides is 1. The van der Waals surface area contributed by atoms with Crippen LogP contribution in [0.4, 0.5) is 13.2 Å². The minimum Gasteiger partial charge on any atom is -0.406 e. The number of nitrogens with zero attached hydrogens (tertiary/aromatic N) is 1. The van der Waals surface area contributed by atoms with Gasteiger partial charge in [0.05, 0.1) is 10.4 Å². The second-order valence-corrected chi connectivity index (χ2v) is 12.7. The summed E-state index contributed by atoms with van der Waals surface area (Å²) in [5.74, 6) is -1.09. The van der Waals surface area contributed by atoms with Gasteiger partial charge in [-0.15, -0.1) is 13.2 Å². The number of nitrogens with one attached hydrogen (secondary N) is 2. The number of halogens is 3. The van der Waals surface area contributed by atoms with E-state index in [-0.39, 0.29) is 10.9 Å². The molecule has 47 heavy (non-hydrogen) atoms. The van der Waals surface area contributed by atoms with Crippen LogP contribution in [0.5, 0.6) is 5.75 Å². The van der Waals surface area contributed by atoms with Gasteiger partial charge in [-0.3, -0.25) is 15.0 Å². The Labute approximate surface area is 267 Å². The summed E-state index contributed by atoms with van der Waals surface area (Å²) in [6, 6.07) is 29.2. The van der Waals surface area contributed by atoms with Crippen molar-refractivity contribution in [1.29, 1.82) is 0 Å². The minimum absolute atomic E-state index is 0.265. The molecule has 0 saturated heterocycles. The smallest absolute Gasteiger partial charge is 0.406 e. The van der Waals surface area contributed by atoms with E-state index in [4.69, 9.17) is 5.21 Å². The van der Waals surface area contributed by atoms with Crippen LogP contribution >= 0.6 is 0 Å². The number of hydroxylamine groups is 1. The lowest BCUT2D eigenvalue weighted by Crippen LogP contribution is -2.38. The van der Waals surface area contributed by atoms with E-state index in [1.807, 2.05) is 18.2 Å².